The summed E-state index contributed by atoms with van der Waals surface area (Å²) in [5, 5.41) is 5.99. The number of benzene rings is 1. The number of aromatic nitrogens is 2. The smallest absolute Gasteiger partial charge is 0.275 e. The molecule has 0 fully saturated rings. The van der Waals surface area contributed by atoms with E-state index in [1.165, 1.54) is 6.20 Å². The zero-order chi connectivity index (χ0) is 16.9. The van der Waals surface area contributed by atoms with Crippen molar-refractivity contribution in [2.24, 2.45) is 0 Å². The number of nitrogens with zero attached hydrogens (tertiary/aromatic N) is 2. The van der Waals surface area contributed by atoms with Crippen LogP contribution in [0.25, 0.3) is 0 Å². The van der Waals surface area contributed by atoms with Crippen molar-refractivity contribution in [2.45, 2.75) is 26.3 Å². The van der Waals surface area contributed by atoms with E-state index in [0.29, 0.717) is 42.3 Å². The van der Waals surface area contributed by atoms with Gasteiger partial charge in [-0.05, 0) is 25.5 Å². The zero-order valence-electron chi connectivity index (χ0n) is 13.7. The summed E-state index contributed by atoms with van der Waals surface area (Å²) < 4.78 is 11.0. The highest BCUT2D eigenvalue weighted by Crippen LogP contribution is 2.32. The van der Waals surface area contributed by atoms with Crippen LogP contribution in [0.5, 0.6) is 11.5 Å². The highest BCUT2D eigenvalue weighted by atomic mass is 16.6. The molecule has 1 aromatic heterocycles. The fourth-order valence-corrected chi connectivity index (χ4v) is 2.19. The lowest BCUT2D eigenvalue weighted by molar-refractivity contribution is 0.102. The van der Waals surface area contributed by atoms with Gasteiger partial charge in [0, 0.05) is 17.8 Å². The van der Waals surface area contributed by atoms with Gasteiger partial charge in [0.1, 0.15) is 24.7 Å². The maximum Gasteiger partial charge on any atom is 0.275 e. The van der Waals surface area contributed by atoms with Gasteiger partial charge in [-0.1, -0.05) is 6.92 Å². The van der Waals surface area contributed by atoms with Crippen LogP contribution in [0.4, 0.5) is 11.5 Å². The van der Waals surface area contributed by atoms with Crippen molar-refractivity contribution in [3.8, 4) is 11.5 Å². The second kappa shape index (κ2) is 7.16. The summed E-state index contributed by atoms with van der Waals surface area (Å²) in [5.74, 6) is 1.63. The van der Waals surface area contributed by atoms with E-state index in [1.54, 1.807) is 24.4 Å². The molecule has 0 saturated carbocycles. The number of anilines is 2. The largest absolute Gasteiger partial charge is 0.486 e. The molecular formula is C17H20N4O3. The van der Waals surface area contributed by atoms with Crippen LogP contribution < -0.4 is 20.1 Å². The second-order valence-corrected chi connectivity index (χ2v) is 5.55. The highest BCUT2D eigenvalue weighted by Gasteiger charge is 2.14. The molecule has 3 rings (SSSR count). The third-order valence-electron chi connectivity index (χ3n) is 3.69. The van der Waals surface area contributed by atoms with Crippen LogP contribution in [0.15, 0.2) is 30.6 Å². The maximum atomic E-state index is 12.3. The Morgan fingerprint density at radius 2 is 2.00 bits per heavy atom. The number of hydrogen-bond donors (Lipinski definition) is 2. The molecule has 0 radical (unpaired) electrons. The monoisotopic (exact) mass is 328 g/mol. The van der Waals surface area contributed by atoms with Crippen LogP contribution in [-0.2, 0) is 0 Å². The number of carbonyl (C=O) groups excluding carboxylic acids is 1. The summed E-state index contributed by atoms with van der Waals surface area (Å²) in [4.78, 5) is 20.6. The van der Waals surface area contributed by atoms with Crippen molar-refractivity contribution >= 4 is 17.4 Å². The molecule has 1 amide bonds. The first-order valence-electron chi connectivity index (χ1n) is 7.95. The van der Waals surface area contributed by atoms with Gasteiger partial charge in [0.25, 0.3) is 5.91 Å². The standard InChI is InChI=1S/C17H20N4O3/c1-3-11(2)20-16-10-18-13(9-19-16)17(22)21-12-4-5-14-15(8-12)24-7-6-23-14/h4-5,8-11H,3,6-7H2,1-2H3,(H,19,20)(H,21,22). The molecule has 2 heterocycles. The molecule has 1 aliphatic rings. The van der Waals surface area contributed by atoms with E-state index in [-0.39, 0.29) is 11.6 Å². The van der Waals surface area contributed by atoms with Crippen molar-refractivity contribution in [2.75, 3.05) is 23.8 Å². The van der Waals surface area contributed by atoms with Crippen LogP contribution in [0.2, 0.25) is 0 Å². The molecule has 1 aromatic carbocycles. The quantitative estimate of drug-likeness (QED) is 0.878. The van der Waals surface area contributed by atoms with Crippen molar-refractivity contribution in [1.82, 2.24) is 9.97 Å². The number of amides is 1. The van der Waals surface area contributed by atoms with Crippen molar-refractivity contribution in [3.05, 3.63) is 36.3 Å². The molecule has 1 atom stereocenters. The molecule has 1 unspecified atom stereocenters. The van der Waals surface area contributed by atoms with E-state index in [2.05, 4.69) is 34.4 Å². The van der Waals surface area contributed by atoms with Crippen LogP contribution in [0, 0.1) is 0 Å². The van der Waals surface area contributed by atoms with E-state index in [9.17, 15) is 4.79 Å². The molecule has 2 aromatic rings. The zero-order valence-corrected chi connectivity index (χ0v) is 13.7. The van der Waals surface area contributed by atoms with Crippen LogP contribution in [-0.4, -0.2) is 35.1 Å². The van der Waals surface area contributed by atoms with E-state index in [1.807, 2.05) is 0 Å². The molecular weight excluding hydrogens is 308 g/mol. The van der Waals surface area contributed by atoms with Gasteiger partial charge in [0.15, 0.2) is 11.5 Å². The van der Waals surface area contributed by atoms with Gasteiger partial charge in [0.05, 0.1) is 12.4 Å². The molecule has 0 saturated heterocycles. The normalized spacial score (nSPS) is 13.9. The van der Waals surface area contributed by atoms with Crippen molar-refractivity contribution in [3.63, 3.8) is 0 Å². The Morgan fingerprint density at radius 1 is 1.21 bits per heavy atom. The molecule has 24 heavy (non-hydrogen) atoms. The Bertz CT molecular complexity index is 718. The van der Waals surface area contributed by atoms with Gasteiger partial charge in [-0.2, -0.15) is 0 Å². The average molecular weight is 328 g/mol. The molecule has 126 valence electrons. The fraction of sp³-hybridized carbons (Fsp3) is 0.353. The van der Waals surface area contributed by atoms with Gasteiger partial charge in [-0.25, -0.2) is 9.97 Å². The van der Waals surface area contributed by atoms with Gasteiger partial charge >= 0.3 is 0 Å². The lowest BCUT2D eigenvalue weighted by atomic mass is 10.2. The number of ether oxygens (including phenoxy) is 2. The van der Waals surface area contributed by atoms with Gasteiger partial charge in [-0.3, -0.25) is 4.79 Å². The van der Waals surface area contributed by atoms with Crippen molar-refractivity contribution in [1.29, 1.82) is 0 Å². The Balaban J connectivity index is 1.66. The van der Waals surface area contributed by atoms with E-state index in [0.717, 1.165) is 6.42 Å². The minimum Gasteiger partial charge on any atom is -0.486 e. The van der Waals surface area contributed by atoms with Crippen LogP contribution >= 0.6 is 0 Å². The lowest BCUT2D eigenvalue weighted by Crippen LogP contribution is -2.18. The predicted octanol–water partition coefficient (Wildman–Crippen LogP) is 2.71. The number of carbonyl (C=O) groups is 1. The molecule has 0 bridgehead atoms. The Morgan fingerprint density at radius 3 is 2.71 bits per heavy atom. The van der Waals surface area contributed by atoms with E-state index < -0.39 is 0 Å². The van der Waals surface area contributed by atoms with Crippen LogP contribution in [0.3, 0.4) is 0 Å². The van der Waals surface area contributed by atoms with Crippen LogP contribution in [0.1, 0.15) is 30.8 Å². The van der Waals surface area contributed by atoms with Crippen molar-refractivity contribution < 1.29 is 14.3 Å². The summed E-state index contributed by atoms with van der Waals surface area (Å²) in [6.07, 6.45) is 4.00. The third kappa shape index (κ3) is 3.73. The van der Waals surface area contributed by atoms with Gasteiger partial charge in [-0.15, -0.1) is 0 Å². The average Bonchev–Trinajstić information content (AvgIpc) is 2.62. The molecule has 7 heteroatoms. The minimum atomic E-state index is -0.325. The number of hydrogen-bond acceptors (Lipinski definition) is 6. The second-order valence-electron chi connectivity index (χ2n) is 5.55. The highest BCUT2D eigenvalue weighted by molar-refractivity contribution is 6.02. The molecule has 2 N–H and O–H groups in total. The number of rotatable bonds is 5. The number of nitrogens with one attached hydrogen (secondary N) is 2. The summed E-state index contributed by atoms with van der Waals surface area (Å²) >= 11 is 0. The molecule has 0 spiro atoms. The Labute approximate surface area is 140 Å². The van der Waals surface area contributed by atoms with E-state index in [4.69, 9.17) is 9.47 Å². The topological polar surface area (TPSA) is 85.4 Å². The maximum absolute atomic E-state index is 12.3. The summed E-state index contributed by atoms with van der Waals surface area (Å²) in [7, 11) is 0. The first kappa shape index (κ1) is 16.0. The number of fused-ring (bicyclic) bond motifs is 1. The molecule has 1 aliphatic heterocycles. The first-order valence-corrected chi connectivity index (χ1v) is 7.95. The summed E-state index contributed by atoms with van der Waals surface area (Å²) in [6.45, 7) is 5.18. The Hall–Kier alpha value is -2.83. The fourth-order valence-electron chi connectivity index (χ4n) is 2.19. The lowest BCUT2D eigenvalue weighted by Gasteiger charge is -2.19. The van der Waals surface area contributed by atoms with Gasteiger partial charge < -0.3 is 20.1 Å². The summed E-state index contributed by atoms with van der Waals surface area (Å²) in [6, 6.07) is 5.57. The summed E-state index contributed by atoms with van der Waals surface area (Å²) in [5.41, 5.74) is 0.868. The third-order valence-corrected chi connectivity index (χ3v) is 3.69. The Kier molecular flexibility index (Phi) is 4.79. The molecule has 7 nitrogen and oxygen atoms in total. The van der Waals surface area contributed by atoms with Gasteiger partial charge in [0.2, 0.25) is 0 Å². The predicted molar refractivity (Wildman–Crippen MR) is 90.8 cm³/mol. The first-order chi connectivity index (χ1) is 11.7. The van der Waals surface area contributed by atoms with E-state index >= 15 is 0 Å². The SMILES string of the molecule is CCC(C)Nc1cnc(C(=O)Nc2ccc3c(c2)OCCO3)cn1. The minimum absolute atomic E-state index is 0.250. The molecule has 0 aliphatic carbocycles.